The monoisotopic (exact) mass is 489 g/mol. The number of phenols is 1. The molecule has 0 unspecified atom stereocenters. The van der Waals surface area contributed by atoms with Crippen LogP contribution >= 0.6 is 11.8 Å². The third-order valence-corrected chi connectivity index (χ3v) is 7.48. The Morgan fingerprint density at radius 3 is 2.36 bits per heavy atom. The maximum absolute atomic E-state index is 10.7. The van der Waals surface area contributed by atoms with Crippen molar-refractivity contribution in [3.63, 3.8) is 0 Å². The number of aromatic nitrogens is 3. The predicted octanol–water partition coefficient (Wildman–Crippen LogP) is 8.19. The van der Waals surface area contributed by atoms with Crippen LogP contribution in [0.2, 0.25) is 0 Å². The smallest absolute Gasteiger partial charge is 0.142 e. The number of benzene rings is 3. The highest BCUT2D eigenvalue weighted by atomic mass is 32.2. The first-order valence-electron chi connectivity index (χ1n) is 12.1. The van der Waals surface area contributed by atoms with Crippen molar-refractivity contribution in [1.82, 2.24) is 14.5 Å². The number of nitrogens with zero attached hydrogens (tertiary/aromatic N) is 3. The molecule has 3 heterocycles. The van der Waals surface area contributed by atoms with Gasteiger partial charge in [-0.15, -0.1) is 0 Å². The molecule has 6 rings (SSSR count). The van der Waals surface area contributed by atoms with Gasteiger partial charge in [0.1, 0.15) is 22.1 Å². The van der Waals surface area contributed by atoms with Crippen LogP contribution < -0.4 is 0 Å². The van der Waals surface area contributed by atoms with Crippen molar-refractivity contribution in [1.29, 1.82) is 0 Å². The molecule has 0 atom stereocenters. The van der Waals surface area contributed by atoms with Crippen LogP contribution in [0.25, 0.3) is 38.5 Å². The Hall–Kier alpha value is -3.83. The number of para-hydroxylation sites is 1. The van der Waals surface area contributed by atoms with Gasteiger partial charge in [-0.1, -0.05) is 62.9 Å². The van der Waals surface area contributed by atoms with E-state index in [1.54, 1.807) is 17.8 Å². The SMILES string of the molecule is Cc1cc(O)c2nc(Sc3ccc4c5ccccc5n(-c5ccccn5)c4c3)cc(C(C)(C)C)c2c1. The highest BCUT2D eigenvalue weighted by Gasteiger charge is 2.21. The molecular formula is C31H27N3OS. The molecule has 0 saturated carbocycles. The number of hydrogen-bond acceptors (Lipinski definition) is 4. The van der Waals surface area contributed by atoms with E-state index in [2.05, 4.69) is 84.9 Å². The molecular weight excluding hydrogens is 462 g/mol. The molecule has 1 N–H and O–H groups in total. The Morgan fingerprint density at radius 1 is 0.806 bits per heavy atom. The van der Waals surface area contributed by atoms with Crippen LogP contribution in [0.1, 0.15) is 31.9 Å². The van der Waals surface area contributed by atoms with Crippen LogP contribution in [0.5, 0.6) is 5.75 Å². The predicted molar refractivity (Wildman–Crippen MR) is 150 cm³/mol. The number of pyridine rings is 2. The average Bonchev–Trinajstić information content (AvgIpc) is 3.17. The van der Waals surface area contributed by atoms with Crippen molar-refractivity contribution in [2.45, 2.75) is 43.0 Å². The fourth-order valence-corrected chi connectivity index (χ4v) is 5.83. The molecule has 0 bridgehead atoms. The van der Waals surface area contributed by atoms with Crippen LogP contribution in [0, 0.1) is 6.92 Å². The van der Waals surface area contributed by atoms with Gasteiger partial charge in [-0.2, -0.15) is 0 Å². The number of phenolic OH excluding ortho intramolecular Hbond substituents is 1. The van der Waals surface area contributed by atoms with Gasteiger partial charge in [-0.05, 0) is 72.0 Å². The summed E-state index contributed by atoms with van der Waals surface area (Å²) in [4.78, 5) is 10.6. The van der Waals surface area contributed by atoms with Gasteiger partial charge in [0.15, 0.2) is 0 Å². The van der Waals surface area contributed by atoms with E-state index < -0.39 is 0 Å². The summed E-state index contributed by atoms with van der Waals surface area (Å²) in [6.07, 6.45) is 1.83. The first-order chi connectivity index (χ1) is 17.3. The van der Waals surface area contributed by atoms with Crippen LogP contribution in [-0.4, -0.2) is 19.6 Å². The molecule has 0 radical (unpaired) electrons. The van der Waals surface area contributed by atoms with Gasteiger partial charge in [0, 0.05) is 27.3 Å². The zero-order chi connectivity index (χ0) is 25.0. The minimum atomic E-state index is -0.0912. The summed E-state index contributed by atoms with van der Waals surface area (Å²) in [5.74, 6) is 1.12. The molecule has 5 heteroatoms. The third-order valence-electron chi connectivity index (χ3n) is 6.57. The fourth-order valence-electron chi connectivity index (χ4n) is 4.97. The Kier molecular flexibility index (Phi) is 5.27. The first kappa shape index (κ1) is 22.6. The standard InChI is InChI=1S/C31H27N3OS/c1-19-15-23-24(31(2,3)4)18-29(33-30(23)27(35)16-19)36-20-12-13-22-21-9-5-6-10-25(21)34(26(22)17-20)28-11-7-8-14-32-28/h5-18,35H,1-4H3. The fraction of sp³-hybridized carbons (Fsp3) is 0.161. The lowest BCUT2D eigenvalue weighted by molar-refractivity contribution is 0.479. The zero-order valence-electron chi connectivity index (χ0n) is 20.8. The summed E-state index contributed by atoms with van der Waals surface area (Å²) in [5, 5.41) is 15.0. The lowest BCUT2D eigenvalue weighted by atomic mass is 9.84. The van der Waals surface area contributed by atoms with Crippen LogP contribution in [0.4, 0.5) is 0 Å². The molecule has 0 aliphatic rings. The Morgan fingerprint density at radius 2 is 1.58 bits per heavy atom. The highest BCUT2D eigenvalue weighted by Crippen LogP contribution is 2.40. The summed E-state index contributed by atoms with van der Waals surface area (Å²) in [5.41, 5.74) is 5.01. The van der Waals surface area contributed by atoms with E-state index in [-0.39, 0.29) is 11.2 Å². The van der Waals surface area contributed by atoms with Gasteiger partial charge in [0.2, 0.25) is 0 Å². The maximum Gasteiger partial charge on any atom is 0.142 e. The average molecular weight is 490 g/mol. The van der Waals surface area contributed by atoms with Crippen LogP contribution in [0.3, 0.4) is 0 Å². The van der Waals surface area contributed by atoms with Gasteiger partial charge in [0.05, 0.1) is 11.0 Å². The second-order valence-corrected chi connectivity index (χ2v) is 11.4. The maximum atomic E-state index is 10.7. The van der Waals surface area contributed by atoms with E-state index >= 15 is 0 Å². The molecule has 4 nitrogen and oxygen atoms in total. The molecule has 0 aliphatic heterocycles. The topological polar surface area (TPSA) is 50.9 Å². The summed E-state index contributed by atoms with van der Waals surface area (Å²) in [6.45, 7) is 8.61. The lowest BCUT2D eigenvalue weighted by Crippen LogP contribution is -2.12. The highest BCUT2D eigenvalue weighted by molar-refractivity contribution is 7.99. The van der Waals surface area contributed by atoms with Crippen molar-refractivity contribution in [3.05, 3.63) is 96.2 Å². The van der Waals surface area contributed by atoms with E-state index in [1.165, 1.54) is 16.3 Å². The second kappa shape index (κ2) is 8.38. The van der Waals surface area contributed by atoms with Gasteiger partial charge in [0.25, 0.3) is 0 Å². The Balaban J connectivity index is 1.53. The Labute approximate surface area is 214 Å². The molecule has 178 valence electrons. The van der Waals surface area contributed by atoms with E-state index in [0.717, 1.165) is 37.7 Å². The summed E-state index contributed by atoms with van der Waals surface area (Å²) in [7, 11) is 0. The van der Waals surface area contributed by atoms with Crippen molar-refractivity contribution in [3.8, 4) is 11.6 Å². The van der Waals surface area contributed by atoms with Crippen molar-refractivity contribution < 1.29 is 5.11 Å². The quantitative estimate of drug-likeness (QED) is 0.272. The number of fused-ring (bicyclic) bond motifs is 4. The molecule has 0 amide bonds. The number of aromatic hydroxyl groups is 1. The summed E-state index contributed by atoms with van der Waals surface area (Å²) < 4.78 is 2.22. The van der Waals surface area contributed by atoms with Gasteiger partial charge in [-0.25, -0.2) is 9.97 Å². The number of rotatable bonds is 3. The van der Waals surface area contributed by atoms with Gasteiger partial charge in [-0.3, -0.25) is 4.57 Å². The summed E-state index contributed by atoms with van der Waals surface area (Å²) in [6, 6.07) is 27.1. The second-order valence-electron chi connectivity index (χ2n) is 10.3. The lowest BCUT2D eigenvalue weighted by Gasteiger charge is -2.22. The first-order valence-corrected chi connectivity index (χ1v) is 12.9. The minimum absolute atomic E-state index is 0.0912. The van der Waals surface area contributed by atoms with E-state index in [9.17, 15) is 5.11 Å². The molecule has 6 aromatic rings. The molecule has 36 heavy (non-hydrogen) atoms. The molecule has 3 aromatic heterocycles. The van der Waals surface area contributed by atoms with Crippen molar-refractivity contribution in [2.75, 3.05) is 0 Å². The van der Waals surface area contributed by atoms with Crippen molar-refractivity contribution >= 4 is 44.5 Å². The summed E-state index contributed by atoms with van der Waals surface area (Å²) >= 11 is 1.62. The Bertz CT molecular complexity index is 1760. The van der Waals surface area contributed by atoms with Crippen LogP contribution in [-0.2, 0) is 5.41 Å². The number of hydrogen-bond donors (Lipinski definition) is 1. The van der Waals surface area contributed by atoms with E-state index in [4.69, 9.17) is 4.98 Å². The molecule has 0 saturated heterocycles. The van der Waals surface area contributed by atoms with Crippen LogP contribution in [0.15, 0.2) is 95.0 Å². The molecule has 0 fully saturated rings. The third kappa shape index (κ3) is 3.80. The van der Waals surface area contributed by atoms with Crippen molar-refractivity contribution in [2.24, 2.45) is 0 Å². The molecule has 0 aliphatic carbocycles. The largest absolute Gasteiger partial charge is 0.506 e. The van der Waals surface area contributed by atoms with Gasteiger partial charge >= 0.3 is 0 Å². The minimum Gasteiger partial charge on any atom is -0.506 e. The normalized spacial score (nSPS) is 12.1. The van der Waals surface area contributed by atoms with Gasteiger partial charge < -0.3 is 5.11 Å². The zero-order valence-corrected chi connectivity index (χ0v) is 21.6. The molecule has 0 spiro atoms. The van der Waals surface area contributed by atoms with E-state index in [1.807, 2.05) is 31.3 Å². The van der Waals surface area contributed by atoms with E-state index in [0.29, 0.717) is 5.52 Å². The molecule has 3 aromatic carbocycles. The number of aryl methyl sites for hydroxylation is 1.